The van der Waals surface area contributed by atoms with E-state index in [1.54, 1.807) is 0 Å². The molecule has 0 aliphatic carbocycles. The minimum Gasteiger partial charge on any atom is -0.462 e. The molecule has 0 radical (unpaired) electrons. The molecule has 0 aromatic heterocycles. The zero-order valence-electron chi connectivity index (χ0n) is 44.7. The van der Waals surface area contributed by atoms with Crippen LogP contribution in [0.15, 0.2) is 48.6 Å². The van der Waals surface area contributed by atoms with Crippen LogP contribution in [0.4, 0.5) is 0 Å². The molecule has 0 spiro atoms. The fraction of sp³-hybridized carbons (Fsp3) is 0.820. The van der Waals surface area contributed by atoms with Gasteiger partial charge in [0.05, 0.1) is 0 Å². The van der Waals surface area contributed by atoms with Gasteiger partial charge in [0.25, 0.3) is 0 Å². The summed E-state index contributed by atoms with van der Waals surface area (Å²) in [7, 11) is 0. The van der Waals surface area contributed by atoms with Crippen LogP contribution in [0.3, 0.4) is 0 Å². The van der Waals surface area contributed by atoms with Gasteiger partial charge < -0.3 is 14.2 Å². The molecule has 1 atom stereocenters. The molecule has 6 nitrogen and oxygen atoms in total. The Kier molecular flexibility index (Phi) is 53.8. The van der Waals surface area contributed by atoms with Crippen LogP contribution in [0.5, 0.6) is 0 Å². The van der Waals surface area contributed by atoms with Crippen molar-refractivity contribution < 1.29 is 28.6 Å². The highest BCUT2D eigenvalue weighted by Gasteiger charge is 2.19. The molecule has 0 heterocycles. The van der Waals surface area contributed by atoms with Crippen molar-refractivity contribution in [1.29, 1.82) is 0 Å². The van der Waals surface area contributed by atoms with Gasteiger partial charge in [0.1, 0.15) is 13.2 Å². The molecule has 0 unspecified atom stereocenters. The number of rotatable bonds is 53. The topological polar surface area (TPSA) is 78.9 Å². The van der Waals surface area contributed by atoms with E-state index in [0.29, 0.717) is 19.3 Å². The summed E-state index contributed by atoms with van der Waals surface area (Å²) in [5, 5.41) is 0. The largest absolute Gasteiger partial charge is 0.462 e. The number of carbonyl (C=O) groups excluding carboxylic acids is 3. The zero-order valence-corrected chi connectivity index (χ0v) is 44.7. The minimum absolute atomic E-state index is 0.0797. The monoisotopic (exact) mass is 939 g/mol. The number of hydrogen-bond donors (Lipinski definition) is 0. The molecule has 0 aromatic carbocycles. The van der Waals surface area contributed by atoms with Gasteiger partial charge in [-0.25, -0.2) is 0 Å². The summed E-state index contributed by atoms with van der Waals surface area (Å²) >= 11 is 0. The summed E-state index contributed by atoms with van der Waals surface area (Å²) in [6, 6.07) is 0. The second-order valence-electron chi connectivity index (χ2n) is 19.5. The zero-order chi connectivity index (χ0) is 48.6. The predicted octanol–water partition coefficient (Wildman–Crippen LogP) is 19.4. The predicted molar refractivity (Wildman–Crippen MR) is 289 cm³/mol. The molecule has 0 aromatic rings. The van der Waals surface area contributed by atoms with Crippen LogP contribution >= 0.6 is 0 Å². The molecule has 0 fully saturated rings. The Morgan fingerprint density at radius 2 is 0.537 bits per heavy atom. The van der Waals surface area contributed by atoms with E-state index in [1.807, 2.05) is 0 Å². The van der Waals surface area contributed by atoms with Crippen LogP contribution in [0.2, 0.25) is 0 Å². The Labute approximate surface area is 416 Å². The number of esters is 3. The van der Waals surface area contributed by atoms with Gasteiger partial charge >= 0.3 is 17.9 Å². The SMILES string of the molecule is CCCCC/C=C\C/C=C\CCCCCCCC(=O)O[C@@H](COC(=O)CCCCCCCCC/C=C\CCCCCC)COC(=O)CCCCCCCCCCC/C=C\CCCCCCCC. The molecule has 67 heavy (non-hydrogen) atoms. The molecule has 0 amide bonds. The van der Waals surface area contributed by atoms with Crippen molar-refractivity contribution in [3.63, 3.8) is 0 Å². The average Bonchev–Trinajstić information content (AvgIpc) is 3.33. The van der Waals surface area contributed by atoms with E-state index in [1.165, 1.54) is 180 Å². The lowest BCUT2D eigenvalue weighted by atomic mass is 10.1. The average molecular weight is 940 g/mol. The maximum Gasteiger partial charge on any atom is 0.306 e. The summed E-state index contributed by atoms with van der Waals surface area (Å²) in [6.07, 6.45) is 68.1. The molecule has 0 saturated heterocycles. The molecule has 0 aliphatic rings. The molecule has 0 bridgehead atoms. The van der Waals surface area contributed by atoms with Gasteiger partial charge in [-0.2, -0.15) is 0 Å². The molecule has 6 heteroatoms. The Hall–Kier alpha value is -2.63. The van der Waals surface area contributed by atoms with Gasteiger partial charge in [-0.1, -0.05) is 230 Å². The molecule has 0 N–H and O–H groups in total. The van der Waals surface area contributed by atoms with Crippen LogP contribution < -0.4 is 0 Å². The van der Waals surface area contributed by atoms with Gasteiger partial charge in [0.2, 0.25) is 0 Å². The first-order valence-electron chi connectivity index (χ1n) is 29.1. The first-order chi connectivity index (χ1) is 33.0. The van der Waals surface area contributed by atoms with Crippen LogP contribution in [-0.4, -0.2) is 37.2 Å². The van der Waals surface area contributed by atoms with Gasteiger partial charge in [-0.3, -0.25) is 14.4 Å². The Morgan fingerprint density at radius 3 is 0.881 bits per heavy atom. The van der Waals surface area contributed by atoms with Crippen LogP contribution in [0.25, 0.3) is 0 Å². The van der Waals surface area contributed by atoms with Gasteiger partial charge in [0, 0.05) is 19.3 Å². The summed E-state index contributed by atoms with van der Waals surface area (Å²) in [6.45, 7) is 6.61. The Morgan fingerprint density at radius 1 is 0.299 bits per heavy atom. The third kappa shape index (κ3) is 54.2. The van der Waals surface area contributed by atoms with Crippen LogP contribution in [0.1, 0.15) is 303 Å². The van der Waals surface area contributed by atoms with Crippen molar-refractivity contribution in [2.24, 2.45) is 0 Å². The van der Waals surface area contributed by atoms with Crippen molar-refractivity contribution in [3.05, 3.63) is 48.6 Å². The van der Waals surface area contributed by atoms with E-state index in [2.05, 4.69) is 69.4 Å². The minimum atomic E-state index is -0.782. The summed E-state index contributed by atoms with van der Waals surface area (Å²) in [5.41, 5.74) is 0. The first-order valence-corrected chi connectivity index (χ1v) is 29.1. The molecule has 0 rings (SSSR count). The van der Waals surface area contributed by atoms with Crippen molar-refractivity contribution in [2.75, 3.05) is 13.2 Å². The van der Waals surface area contributed by atoms with Gasteiger partial charge in [-0.15, -0.1) is 0 Å². The highest BCUT2D eigenvalue weighted by molar-refractivity contribution is 5.71. The molecule has 0 aliphatic heterocycles. The van der Waals surface area contributed by atoms with E-state index < -0.39 is 6.10 Å². The number of allylic oxidation sites excluding steroid dienone is 8. The first kappa shape index (κ1) is 64.4. The number of unbranched alkanes of at least 4 members (excludes halogenated alkanes) is 34. The molecular weight excluding hydrogens is 829 g/mol. The lowest BCUT2D eigenvalue weighted by molar-refractivity contribution is -0.167. The van der Waals surface area contributed by atoms with Crippen LogP contribution in [-0.2, 0) is 28.6 Å². The molecule has 0 saturated carbocycles. The van der Waals surface area contributed by atoms with E-state index in [4.69, 9.17) is 14.2 Å². The van der Waals surface area contributed by atoms with Crippen molar-refractivity contribution in [1.82, 2.24) is 0 Å². The van der Waals surface area contributed by atoms with Crippen molar-refractivity contribution in [3.8, 4) is 0 Å². The number of carbonyl (C=O) groups is 3. The van der Waals surface area contributed by atoms with E-state index >= 15 is 0 Å². The van der Waals surface area contributed by atoms with Crippen molar-refractivity contribution in [2.45, 2.75) is 309 Å². The Bertz CT molecular complexity index is 1170. The van der Waals surface area contributed by atoms with E-state index in [0.717, 1.165) is 83.5 Å². The molecular formula is C61H110O6. The number of ether oxygens (including phenoxy) is 3. The fourth-order valence-electron chi connectivity index (χ4n) is 8.35. The summed E-state index contributed by atoms with van der Waals surface area (Å²) < 4.78 is 16.9. The third-order valence-electron chi connectivity index (χ3n) is 12.8. The summed E-state index contributed by atoms with van der Waals surface area (Å²) in [4.78, 5) is 38.2. The lowest BCUT2D eigenvalue weighted by Gasteiger charge is -2.18. The fourth-order valence-corrected chi connectivity index (χ4v) is 8.35. The second kappa shape index (κ2) is 56.0. The maximum absolute atomic E-state index is 12.8. The normalized spacial score (nSPS) is 12.3. The maximum atomic E-state index is 12.8. The third-order valence-corrected chi connectivity index (χ3v) is 12.8. The standard InChI is InChI=1S/C61H110O6/c1-4-7-10-13-16-19-22-25-28-29-30-31-34-36-39-42-45-48-51-54-60(63)66-57-58(67-61(64)55-52-49-46-43-40-37-33-27-24-21-18-15-12-9-6-3)56-65-59(62)53-50-47-44-41-38-35-32-26-23-20-17-14-11-8-5-2/h18,20-21,23,25,27-28,33,58H,4-17,19,22,24,26,29-32,34-57H2,1-3H3/b21-18-,23-20-,28-25-,33-27-/t58-/m0/s1. The second-order valence-corrected chi connectivity index (χ2v) is 19.5. The Balaban J connectivity index is 4.36. The lowest BCUT2D eigenvalue weighted by Crippen LogP contribution is -2.30. The van der Waals surface area contributed by atoms with E-state index in [9.17, 15) is 14.4 Å². The quantitative estimate of drug-likeness (QED) is 0.0262. The number of hydrogen-bond acceptors (Lipinski definition) is 6. The summed E-state index contributed by atoms with van der Waals surface area (Å²) in [5.74, 6) is -0.887. The van der Waals surface area contributed by atoms with Gasteiger partial charge in [0.15, 0.2) is 6.10 Å². The highest BCUT2D eigenvalue weighted by atomic mass is 16.6. The van der Waals surface area contributed by atoms with Crippen molar-refractivity contribution >= 4 is 17.9 Å². The molecule has 390 valence electrons. The smallest absolute Gasteiger partial charge is 0.306 e. The van der Waals surface area contributed by atoms with Gasteiger partial charge in [-0.05, 0) is 103 Å². The van der Waals surface area contributed by atoms with E-state index in [-0.39, 0.29) is 31.1 Å². The van der Waals surface area contributed by atoms with Crippen LogP contribution in [0, 0.1) is 0 Å². The highest BCUT2D eigenvalue weighted by Crippen LogP contribution is 2.15.